The molecule has 1 aromatic carbocycles. The van der Waals surface area contributed by atoms with Crippen LogP contribution in [0.15, 0.2) is 29.2 Å². The Kier molecular flexibility index (Phi) is 1.43. The highest BCUT2D eigenvalue weighted by atomic mass is 16.1. The lowest BCUT2D eigenvalue weighted by molar-refractivity contribution is 1.11. The fourth-order valence-corrected chi connectivity index (χ4v) is 1.24. The van der Waals surface area contributed by atoms with Crippen LogP contribution in [0, 0.1) is 6.92 Å². The van der Waals surface area contributed by atoms with E-state index in [0.717, 1.165) is 16.5 Å². The fourth-order valence-electron chi connectivity index (χ4n) is 1.24. The van der Waals surface area contributed by atoms with Gasteiger partial charge in [-0.3, -0.25) is 0 Å². The van der Waals surface area contributed by atoms with E-state index in [-0.39, 0.29) is 5.69 Å². The Morgan fingerprint density at radius 1 is 1.42 bits per heavy atom. The molecule has 12 heavy (non-hydrogen) atoms. The van der Waals surface area contributed by atoms with Crippen molar-refractivity contribution in [2.45, 2.75) is 6.92 Å². The van der Waals surface area contributed by atoms with Gasteiger partial charge in [0.05, 0.1) is 5.52 Å². The number of nitrogens with zero attached hydrogens (tertiary/aromatic N) is 1. The molecule has 0 radical (unpaired) electrons. The van der Waals surface area contributed by atoms with E-state index < -0.39 is 0 Å². The van der Waals surface area contributed by atoms with Crippen molar-refractivity contribution in [3.8, 4) is 0 Å². The molecule has 0 spiro atoms. The molecule has 0 fully saturated rings. The molecule has 0 atom stereocenters. The maximum Gasteiger partial charge on any atom is 0.345 e. The van der Waals surface area contributed by atoms with Crippen molar-refractivity contribution in [1.29, 1.82) is 0 Å². The third-order valence-corrected chi connectivity index (χ3v) is 1.86. The molecule has 1 heterocycles. The van der Waals surface area contributed by atoms with Crippen molar-refractivity contribution in [2.24, 2.45) is 0 Å². The Morgan fingerprint density at radius 3 is 3.08 bits per heavy atom. The largest absolute Gasteiger partial charge is 0.345 e. The zero-order chi connectivity index (χ0) is 8.55. The molecule has 0 saturated heterocycles. The zero-order valence-corrected chi connectivity index (χ0v) is 6.66. The van der Waals surface area contributed by atoms with E-state index in [4.69, 9.17) is 0 Å². The first-order valence-electron chi connectivity index (χ1n) is 3.72. The predicted molar refractivity (Wildman–Crippen MR) is 47.1 cm³/mol. The zero-order valence-electron chi connectivity index (χ0n) is 6.66. The molecule has 2 rings (SSSR count). The smallest absolute Gasteiger partial charge is 0.305 e. The predicted octanol–water partition coefficient (Wildman–Crippen LogP) is 1.23. The van der Waals surface area contributed by atoms with Crippen LogP contribution in [-0.4, -0.2) is 9.97 Å². The number of fused-ring (bicyclic) bond motifs is 1. The number of aryl methyl sites for hydroxylation is 1. The fraction of sp³-hybridized carbons (Fsp3) is 0.111. The van der Waals surface area contributed by atoms with E-state index in [9.17, 15) is 4.79 Å². The molecule has 0 aliphatic rings. The summed E-state index contributed by atoms with van der Waals surface area (Å²) in [5.74, 6) is 0. The summed E-state index contributed by atoms with van der Waals surface area (Å²) in [5.41, 5.74) is 1.64. The Bertz CT molecular complexity index is 473. The van der Waals surface area contributed by atoms with E-state index in [0.29, 0.717) is 0 Å². The van der Waals surface area contributed by atoms with Crippen LogP contribution in [0.2, 0.25) is 0 Å². The van der Waals surface area contributed by atoms with Gasteiger partial charge in [-0.15, -0.1) is 0 Å². The first-order chi connectivity index (χ1) is 5.77. The normalized spacial score (nSPS) is 10.4. The van der Waals surface area contributed by atoms with Crippen molar-refractivity contribution in [3.63, 3.8) is 0 Å². The van der Waals surface area contributed by atoms with Gasteiger partial charge in [-0.25, -0.2) is 9.78 Å². The molecule has 0 bridgehead atoms. The van der Waals surface area contributed by atoms with Gasteiger partial charge in [0, 0.05) is 11.6 Å². The molecule has 3 nitrogen and oxygen atoms in total. The molecule has 0 aliphatic carbocycles. The van der Waals surface area contributed by atoms with Gasteiger partial charge in [-0.05, 0) is 12.5 Å². The van der Waals surface area contributed by atoms with Gasteiger partial charge in [0.1, 0.15) is 0 Å². The summed E-state index contributed by atoms with van der Waals surface area (Å²) in [5, 5.41) is 0.967. The van der Waals surface area contributed by atoms with Crippen molar-refractivity contribution in [2.75, 3.05) is 0 Å². The molecule has 2 aromatic rings. The number of nitrogens with one attached hydrogen (secondary N) is 1. The van der Waals surface area contributed by atoms with Crippen molar-refractivity contribution in [1.82, 2.24) is 9.97 Å². The Morgan fingerprint density at radius 2 is 2.25 bits per heavy atom. The molecule has 1 aromatic heterocycles. The maximum absolute atomic E-state index is 10.9. The molecule has 0 saturated carbocycles. The summed E-state index contributed by atoms with van der Waals surface area (Å²) in [7, 11) is 0. The summed E-state index contributed by atoms with van der Waals surface area (Å²) in [6, 6.07) is 5.82. The van der Waals surface area contributed by atoms with E-state index in [1.165, 1.54) is 0 Å². The highest BCUT2D eigenvalue weighted by Gasteiger charge is 1.96. The number of hydrogen-bond acceptors (Lipinski definition) is 2. The number of rotatable bonds is 0. The lowest BCUT2D eigenvalue weighted by Gasteiger charge is -1.98. The SMILES string of the molecule is Cc1cccc2cnc(=O)[nH]c12. The Hall–Kier alpha value is -1.64. The third-order valence-electron chi connectivity index (χ3n) is 1.86. The summed E-state index contributed by atoms with van der Waals surface area (Å²) < 4.78 is 0. The van der Waals surface area contributed by atoms with Crippen molar-refractivity contribution >= 4 is 10.9 Å². The van der Waals surface area contributed by atoms with Crippen molar-refractivity contribution < 1.29 is 0 Å². The number of benzene rings is 1. The van der Waals surface area contributed by atoms with E-state index >= 15 is 0 Å². The van der Waals surface area contributed by atoms with E-state index in [2.05, 4.69) is 9.97 Å². The average molecular weight is 160 g/mol. The molecular weight excluding hydrogens is 152 g/mol. The van der Waals surface area contributed by atoms with E-state index in [1.807, 2.05) is 25.1 Å². The van der Waals surface area contributed by atoms with Crippen LogP contribution < -0.4 is 5.69 Å². The number of para-hydroxylation sites is 1. The quantitative estimate of drug-likeness (QED) is 0.630. The minimum Gasteiger partial charge on any atom is -0.305 e. The molecular formula is C9H8N2O. The summed E-state index contributed by atoms with van der Waals surface area (Å²) in [6.07, 6.45) is 1.58. The highest BCUT2D eigenvalue weighted by Crippen LogP contribution is 2.11. The van der Waals surface area contributed by atoms with E-state index in [1.54, 1.807) is 6.20 Å². The molecule has 0 unspecified atom stereocenters. The van der Waals surface area contributed by atoms with Crippen LogP contribution in [0.3, 0.4) is 0 Å². The Labute approximate surface area is 69.1 Å². The van der Waals surface area contributed by atoms with Crippen molar-refractivity contribution in [3.05, 3.63) is 40.4 Å². The number of H-pyrrole nitrogens is 1. The summed E-state index contributed by atoms with van der Waals surface area (Å²) in [4.78, 5) is 17.2. The number of aromatic amines is 1. The van der Waals surface area contributed by atoms with Gasteiger partial charge >= 0.3 is 5.69 Å². The van der Waals surface area contributed by atoms with Gasteiger partial charge in [0.2, 0.25) is 0 Å². The average Bonchev–Trinajstić information content (AvgIpc) is 2.07. The van der Waals surface area contributed by atoms with Gasteiger partial charge in [-0.2, -0.15) is 0 Å². The first-order valence-corrected chi connectivity index (χ1v) is 3.72. The second-order valence-corrected chi connectivity index (χ2v) is 2.73. The summed E-state index contributed by atoms with van der Waals surface area (Å²) >= 11 is 0. The van der Waals surface area contributed by atoms with Gasteiger partial charge in [-0.1, -0.05) is 18.2 Å². The number of hydrogen-bond donors (Lipinski definition) is 1. The second kappa shape index (κ2) is 2.44. The third kappa shape index (κ3) is 0.993. The van der Waals surface area contributed by atoms with Gasteiger partial charge < -0.3 is 4.98 Å². The second-order valence-electron chi connectivity index (χ2n) is 2.73. The summed E-state index contributed by atoms with van der Waals surface area (Å²) in [6.45, 7) is 1.96. The van der Waals surface area contributed by atoms with Crippen LogP contribution in [0.25, 0.3) is 10.9 Å². The van der Waals surface area contributed by atoms with Crippen LogP contribution in [0.1, 0.15) is 5.56 Å². The van der Waals surface area contributed by atoms with Crippen LogP contribution in [-0.2, 0) is 0 Å². The van der Waals surface area contributed by atoms with Crippen LogP contribution >= 0.6 is 0 Å². The highest BCUT2D eigenvalue weighted by molar-refractivity contribution is 5.80. The van der Waals surface area contributed by atoms with Crippen LogP contribution in [0.4, 0.5) is 0 Å². The molecule has 0 aliphatic heterocycles. The van der Waals surface area contributed by atoms with Gasteiger partial charge in [0.25, 0.3) is 0 Å². The molecule has 1 N–H and O–H groups in total. The molecule has 0 amide bonds. The maximum atomic E-state index is 10.9. The first kappa shape index (κ1) is 7.03. The topological polar surface area (TPSA) is 45.8 Å². The standard InChI is InChI=1S/C9H8N2O/c1-6-3-2-4-7-5-10-9(12)11-8(6)7/h2-5H,1H3,(H,10,11,12). The van der Waals surface area contributed by atoms with Crippen LogP contribution in [0.5, 0.6) is 0 Å². The lowest BCUT2D eigenvalue weighted by atomic mass is 10.1. The number of aromatic nitrogens is 2. The minimum atomic E-state index is -0.295. The Balaban J connectivity index is 2.97. The van der Waals surface area contributed by atoms with Gasteiger partial charge in [0.15, 0.2) is 0 Å². The lowest BCUT2D eigenvalue weighted by Crippen LogP contribution is -2.08. The molecule has 3 heteroatoms. The minimum absolute atomic E-state index is 0.295. The monoisotopic (exact) mass is 160 g/mol. The molecule has 60 valence electrons.